The van der Waals surface area contributed by atoms with Crippen molar-refractivity contribution >= 4 is 10.8 Å². The Morgan fingerprint density at radius 2 is 1.91 bits per heavy atom. The molecular formula is C18H24N2O2. The van der Waals surface area contributed by atoms with Crippen LogP contribution in [0.15, 0.2) is 36.4 Å². The Labute approximate surface area is 131 Å². The van der Waals surface area contributed by atoms with Crippen molar-refractivity contribution in [2.45, 2.75) is 12.6 Å². The molecule has 3 rings (SSSR count). The Bertz CT molecular complexity index is 644. The Morgan fingerprint density at radius 3 is 2.68 bits per heavy atom. The van der Waals surface area contributed by atoms with Crippen LogP contribution in [-0.4, -0.2) is 61.3 Å². The molecule has 1 aliphatic rings. The number of rotatable bonds is 4. The minimum Gasteiger partial charge on any atom is -0.497 e. The molecule has 2 aromatic carbocycles. The number of hydrogen-bond donors (Lipinski definition) is 1. The lowest BCUT2D eigenvalue weighted by atomic mass is 10.1. The van der Waals surface area contributed by atoms with Gasteiger partial charge in [-0.2, -0.15) is 0 Å². The summed E-state index contributed by atoms with van der Waals surface area (Å²) in [7, 11) is 3.78. The zero-order valence-corrected chi connectivity index (χ0v) is 13.3. The SMILES string of the molecule is COc1ccc2cc(CN3CCN(C)[C@@H](CO)C3)ccc2c1. The van der Waals surface area contributed by atoms with Gasteiger partial charge in [-0.25, -0.2) is 0 Å². The number of aliphatic hydroxyl groups excluding tert-OH is 1. The summed E-state index contributed by atoms with van der Waals surface area (Å²) in [6.45, 7) is 4.15. The second-order valence-electron chi connectivity index (χ2n) is 6.10. The summed E-state index contributed by atoms with van der Waals surface area (Å²) in [5.74, 6) is 0.894. The first-order valence-corrected chi connectivity index (χ1v) is 7.80. The number of piperazine rings is 1. The van der Waals surface area contributed by atoms with Gasteiger partial charge in [0.25, 0.3) is 0 Å². The molecule has 1 saturated heterocycles. The fourth-order valence-corrected chi connectivity index (χ4v) is 3.11. The average molecular weight is 300 g/mol. The van der Waals surface area contributed by atoms with Crippen LogP contribution in [0.4, 0.5) is 0 Å². The predicted molar refractivity (Wildman–Crippen MR) is 89.3 cm³/mol. The third kappa shape index (κ3) is 3.24. The standard InChI is InChI=1S/C18H24N2O2/c1-19-7-8-20(12-17(19)13-21)11-14-3-4-16-10-18(22-2)6-5-15(16)9-14/h3-6,9-10,17,21H,7-8,11-13H2,1-2H3/t17-/m1/s1. The number of likely N-dealkylation sites (N-methyl/N-ethyl adjacent to an activating group) is 1. The van der Waals surface area contributed by atoms with Gasteiger partial charge in [0.05, 0.1) is 13.7 Å². The molecule has 0 amide bonds. The van der Waals surface area contributed by atoms with Gasteiger partial charge in [0.1, 0.15) is 5.75 Å². The maximum atomic E-state index is 9.46. The van der Waals surface area contributed by atoms with E-state index in [2.05, 4.69) is 47.2 Å². The highest BCUT2D eigenvalue weighted by Gasteiger charge is 2.23. The fourth-order valence-electron chi connectivity index (χ4n) is 3.11. The summed E-state index contributed by atoms with van der Waals surface area (Å²) >= 11 is 0. The Balaban J connectivity index is 1.74. The number of nitrogens with zero attached hydrogens (tertiary/aromatic N) is 2. The summed E-state index contributed by atoms with van der Waals surface area (Å²) in [6, 6.07) is 13.0. The molecular weight excluding hydrogens is 276 g/mol. The molecule has 0 bridgehead atoms. The summed E-state index contributed by atoms with van der Waals surface area (Å²) in [6.07, 6.45) is 0. The number of hydrogen-bond acceptors (Lipinski definition) is 4. The van der Waals surface area contributed by atoms with Crippen molar-refractivity contribution in [1.82, 2.24) is 9.80 Å². The molecule has 1 heterocycles. The molecule has 0 unspecified atom stereocenters. The van der Waals surface area contributed by atoms with Gasteiger partial charge in [-0.15, -0.1) is 0 Å². The first-order valence-electron chi connectivity index (χ1n) is 7.80. The molecule has 2 aromatic rings. The van der Waals surface area contributed by atoms with E-state index in [1.165, 1.54) is 16.3 Å². The van der Waals surface area contributed by atoms with Crippen molar-refractivity contribution in [2.24, 2.45) is 0 Å². The zero-order chi connectivity index (χ0) is 15.5. The molecule has 22 heavy (non-hydrogen) atoms. The highest BCUT2D eigenvalue weighted by molar-refractivity contribution is 5.84. The molecule has 0 saturated carbocycles. The van der Waals surface area contributed by atoms with Crippen LogP contribution in [0.2, 0.25) is 0 Å². The zero-order valence-electron chi connectivity index (χ0n) is 13.3. The van der Waals surface area contributed by atoms with Gasteiger partial charge >= 0.3 is 0 Å². The third-order valence-corrected chi connectivity index (χ3v) is 4.59. The normalized spacial score (nSPS) is 20.4. The molecule has 0 radical (unpaired) electrons. The van der Waals surface area contributed by atoms with Crippen molar-refractivity contribution in [3.8, 4) is 5.75 Å². The summed E-state index contributed by atoms with van der Waals surface area (Å²) in [5.41, 5.74) is 1.32. The maximum Gasteiger partial charge on any atom is 0.119 e. The molecule has 1 N–H and O–H groups in total. The van der Waals surface area contributed by atoms with Crippen molar-refractivity contribution in [2.75, 3.05) is 40.4 Å². The van der Waals surface area contributed by atoms with Gasteiger partial charge in [-0.1, -0.05) is 18.2 Å². The van der Waals surface area contributed by atoms with Crippen LogP contribution < -0.4 is 4.74 Å². The molecule has 0 spiro atoms. The van der Waals surface area contributed by atoms with Crippen LogP contribution in [-0.2, 0) is 6.54 Å². The lowest BCUT2D eigenvalue weighted by Crippen LogP contribution is -2.52. The van der Waals surface area contributed by atoms with Crippen LogP contribution in [0.5, 0.6) is 5.75 Å². The first-order chi connectivity index (χ1) is 10.7. The minimum absolute atomic E-state index is 0.227. The molecule has 1 fully saturated rings. The summed E-state index contributed by atoms with van der Waals surface area (Å²) < 4.78 is 5.27. The van der Waals surface area contributed by atoms with Gasteiger partial charge in [0, 0.05) is 32.2 Å². The summed E-state index contributed by atoms with van der Waals surface area (Å²) in [5, 5.41) is 11.9. The lowest BCUT2D eigenvalue weighted by Gasteiger charge is -2.38. The number of methoxy groups -OCH3 is 1. The lowest BCUT2D eigenvalue weighted by molar-refractivity contribution is 0.0540. The highest BCUT2D eigenvalue weighted by Crippen LogP contribution is 2.23. The Hall–Kier alpha value is -1.62. The van der Waals surface area contributed by atoms with Crippen molar-refractivity contribution in [3.05, 3.63) is 42.0 Å². The quantitative estimate of drug-likeness (QED) is 0.936. The number of benzene rings is 2. The second-order valence-corrected chi connectivity index (χ2v) is 6.10. The highest BCUT2D eigenvalue weighted by atomic mass is 16.5. The number of ether oxygens (including phenoxy) is 1. The van der Waals surface area contributed by atoms with E-state index < -0.39 is 0 Å². The van der Waals surface area contributed by atoms with Gasteiger partial charge < -0.3 is 9.84 Å². The van der Waals surface area contributed by atoms with Crippen molar-refractivity contribution < 1.29 is 9.84 Å². The van der Waals surface area contributed by atoms with Crippen molar-refractivity contribution in [1.29, 1.82) is 0 Å². The van der Waals surface area contributed by atoms with Crippen LogP contribution in [0.25, 0.3) is 10.8 Å². The van der Waals surface area contributed by atoms with E-state index in [0.717, 1.165) is 31.9 Å². The number of fused-ring (bicyclic) bond motifs is 1. The van der Waals surface area contributed by atoms with Crippen LogP contribution >= 0.6 is 0 Å². The average Bonchev–Trinajstić information content (AvgIpc) is 2.56. The van der Waals surface area contributed by atoms with Gasteiger partial charge in [0.15, 0.2) is 0 Å². The fraction of sp³-hybridized carbons (Fsp3) is 0.444. The van der Waals surface area contributed by atoms with Crippen LogP contribution in [0, 0.1) is 0 Å². The largest absolute Gasteiger partial charge is 0.497 e. The molecule has 4 heteroatoms. The Morgan fingerprint density at radius 1 is 1.14 bits per heavy atom. The Kier molecular flexibility index (Phi) is 4.62. The van der Waals surface area contributed by atoms with Crippen LogP contribution in [0.3, 0.4) is 0 Å². The minimum atomic E-state index is 0.227. The van der Waals surface area contributed by atoms with Gasteiger partial charge in [-0.3, -0.25) is 9.80 Å². The van der Waals surface area contributed by atoms with E-state index in [1.807, 2.05) is 6.07 Å². The van der Waals surface area contributed by atoms with E-state index in [9.17, 15) is 5.11 Å². The number of aliphatic hydroxyl groups is 1. The topological polar surface area (TPSA) is 35.9 Å². The molecule has 0 aromatic heterocycles. The second kappa shape index (κ2) is 6.65. The van der Waals surface area contributed by atoms with E-state index in [4.69, 9.17) is 4.74 Å². The smallest absolute Gasteiger partial charge is 0.119 e. The molecule has 4 nitrogen and oxygen atoms in total. The molecule has 1 atom stereocenters. The summed E-state index contributed by atoms with van der Waals surface area (Å²) in [4.78, 5) is 4.66. The van der Waals surface area contributed by atoms with E-state index in [1.54, 1.807) is 7.11 Å². The van der Waals surface area contributed by atoms with E-state index in [0.29, 0.717) is 0 Å². The van der Waals surface area contributed by atoms with Gasteiger partial charge in [-0.05, 0) is 41.6 Å². The molecule has 118 valence electrons. The van der Waals surface area contributed by atoms with E-state index >= 15 is 0 Å². The monoisotopic (exact) mass is 300 g/mol. The van der Waals surface area contributed by atoms with Crippen LogP contribution in [0.1, 0.15) is 5.56 Å². The first kappa shape index (κ1) is 15.3. The van der Waals surface area contributed by atoms with Crippen molar-refractivity contribution in [3.63, 3.8) is 0 Å². The van der Waals surface area contributed by atoms with E-state index in [-0.39, 0.29) is 12.6 Å². The molecule has 1 aliphatic heterocycles. The molecule has 0 aliphatic carbocycles. The maximum absolute atomic E-state index is 9.46. The predicted octanol–water partition coefficient (Wildman–Crippen LogP) is 1.96. The van der Waals surface area contributed by atoms with Gasteiger partial charge in [0.2, 0.25) is 0 Å². The third-order valence-electron chi connectivity index (χ3n) is 4.59.